The Bertz CT molecular complexity index is 488. The smallest absolute Gasteiger partial charge is 0.225 e. The Balaban J connectivity index is 0.00000220. The number of benzene rings is 1. The Morgan fingerprint density at radius 1 is 1.38 bits per heavy atom. The molecule has 2 amide bonds. The number of likely N-dealkylation sites (tertiary alicyclic amines) is 1. The molecule has 1 aliphatic rings. The number of nitrogens with two attached hydrogens (primary N) is 1. The van der Waals surface area contributed by atoms with Crippen LogP contribution in [0, 0.1) is 0 Å². The van der Waals surface area contributed by atoms with Crippen LogP contribution >= 0.6 is 12.4 Å². The van der Waals surface area contributed by atoms with E-state index in [1.165, 1.54) is 0 Å². The molecule has 1 aromatic rings. The molecule has 5 nitrogen and oxygen atoms in total. The zero-order valence-corrected chi connectivity index (χ0v) is 13.0. The zero-order valence-electron chi connectivity index (χ0n) is 12.2. The normalized spacial score (nSPS) is 15.5. The fourth-order valence-electron chi connectivity index (χ4n) is 2.29. The van der Waals surface area contributed by atoms with E-state index >= 15 is 0 Å². The largest absolute Gasteiger partial charge is 0.338 e. The first-order valence-corrected chi connectivity index (χ1v) is 6.97. The van der Waals surface area contributed by atoms with Crippen molar-refractivity contribution in [3.05, 3.63) is 29.8 Å². The molecule has 1 aromatic carbocycles. The number of anilines is 1. The molecule has 0 bridgehead atoms. The van der Waals surface area contributed by atoms with Gasteiger partial charge in [0, 0.05) is 37.7 Å². The van der Waals surface area contributed by atoms with E-state index in [2.05, 4.69) is 5.32 Å². The predicted octanol–water partition coefficient (Wildman–Crippen LogP) is 1.91. The van der Waals surface area contributed by atoms with Gasteiger partial charge in [-0.3, -0.25) is 9.59 Å². The highest BCUT2D eigenvalue weighted by molar-refractivity contribution is 5.91. The van der Waals surface area contributed by atoms with Gasteiger partial charge >= 0.3 is 0 Å². The highest BCUT2D eigenvalue weighted by Crippen LogP contribution is 2.16. The van der Waals surface area contributed by atoms with Crippen LogP contribution in [0.3, 0.4) is 0 Å². The van der Waals surface area contributed by atoms with Gasteiger partial charge in [-0.2, -0.15) is 0 Å². The van der Waals surface area contributed by atoms with Crippen LogP contribution in [-0.2, 0) is 16.1 Å². The van der Waals surface area contributed by atoms with Gasteiger partial charge in [-0.05, 0) is 31.0 Å². The minimum atomic E-state index is -0.143. The van der Waals surface area contributed by atoms with Gasteiger partial charge in [0.05, 0.1) is 0 Å². The van der Waals surface area contributed by atoms with Gasteiger partial charge in [0.1, 0.15) is 0 Å². The molecule has 3 N–H and O–H groups in total. The second kappa shape index (κ2) is 8.00. The lowest BCUT2D eigenvalue weighted by molar-refractivity contribution is -0.128. The van der Waals surface area contributed by atoms with Gasteiger partial charge in [0.25, 0.3) is 0 Å². The molecule has 1 unspecified atom stereocenters. The van der Waals surface area contributed by atoms with Crippen molar-refractivity contribution >= 4 is 29.9 Å². The molecule has 116 valence electrons. The highest BCUT2D eigenvalue weighted by atomic mass is 35.5. The summed E-state index contributed by atoms with van der Waals surface area (Å²) in [5.41, 5.74) is 7.41. The van der Waals surface area contributed by atoms with E-state index in [0.717, 1.165) is 24.2 Å². The molecule has 2 rings (SSSR count). The van der Waals surface area contributed by atoms with E-state index in [0.29, 0.717) is 19.4 Å². The van der Waals surface area contributed by atoms with E-state index in [1.807, 2.05) is 29.2 Å². The number of nitrogens with one attached hydrogen (secondary N) is 1. The summed E-state index contributed by atoms with van der Waals surface area (Å²) in [5, 5.41) is 2.80. The third kappa shape index (κ3) is 5.36. The van der Waals surface area contributed by atoms with E-state index in [1.54, 1.807) is 6.92 Å². The molecule has 0 radical (unpaired) electrons. The monoisotopic (exact) mass is 311 g/mol. The summed E-state index contributed by atoms with van der Waals surface area (Å²) in [6.45, 7) is 3.29. The van der Waals surface area contributed by atoms with Gasteiger partial charge in [0.15, 0.2) is 0 Å². The van der Waals surface area contributed by atoms with Crippen molar-refractivity contribution in [3.63, 3.8) is 0 Å². The van der Waals surface area contributed by atoms with Crippen molar-refractivity contribution in [1.29, 1.82) is 0 Å². The maximum Gasteiger partial charge on any atom is 0.225 e. The van der Waals surface area contributed by atoms with Crippen LogP contribution in [0.25, 0.3) is 0 Å². The Morgan fingerprint density at radius 3 is 2.57 bits per heavy atom. The number of amides is 2. The summed E-state index contributed by atoms with van der Waals surface area (Å²) in [4.78, 5) is 25.0. The average molecular weight is 312 g/mol. The summed E-state index contributed by atoms with van der Waals surface area (Å²) in [5.74, 6) is 0.141. The lowest BCUT2D eigenvalue weighted by Crippen LogP contribution is -2.24. The molecule has 1 aliphatic heterocycles. The van der Waals surface area contributed by atoms with E-state index in [9.17, 15) is 9.59 Å². The molecule has 1 fully saturated rings. The molecule has 0 aromatic heterocycles. The lowest BCUT2D eigenvalue weighted by atomic mass is 10.2. The molecule has 1 saturated heterocycles. The second-order valence-corrected chi connectivity index (χ2v) is 5.35. The molecule has 21 heavy (non-hydrogen) atoms. The molecule has 0 spiro atoms. The highest BCUT2D eigenvalue weighted by Gasteiger charge is 2.19. The summed E-state index contributed by atoms with van der Waals surface area (Å²) in [6, 6.07) is 7.44. The molecule has 0 saturated carbocycles. The van der Waals surface area contributed by atoms with Crippen molar-refractivity contribution in [2.24, 2.45) is 5.73 Å². The van der Waals surface area contributed by atoms with Crippen molar-refractivity contribution < 1.29 is 9.59 Å². The van der Waals surface area contributed by atoms with E-state index in [4.69, 9.17) is 5.73 Å². The minimum absolute atomic E-state index is 0. The van der Waals surface area contributed by atoms with Crippen LogP contribution in [0.5, 0.6) is 0 Å². The van der Waals surface area contributed by atoms with Gasteiger partial charge in [-0.15, -0.1) is 12.4 Å². The third-order valence-electron chi connectivity index (χ3n) is 3.29. The van der Waals surface area contributed by atoms with Crippen molar-refractivity contribution in [1.82, 2.24) is 4.90 Å². The Kier molecular flexibility index (Phi) is 6.65. The summed E-state index contributed by atoms with van der Waals surface area (Å²) in [7, 11) is 0. The number of nitrogens with zero attached hydrogens (tertiary/aromatic N) is 1. The fraction of sp³-hybridized carbons (Fsp3) is 0.467. The Hall–Kier alpha value is -1.59. The van der Waals surface area contributed by atoms with Crippen LogP contribution in [0.15, 0.2) is 24.3 Å². The third-order valence-corrected chi connectivity index (χ3v) is 3.29. The molecular formula is C15H22ClN3O2. The van der Waals surface area contributed by atoms with Gasteiger partial charge in [-0.25, -0.2) is 0 Å². The van der Waals surface area contributed by atoms with Crippen molar-refractivity contribution in [2.75, 3.05) is 11.9 Å². The zero-order chi connectivity index (χ0) is 14.5. The number of carbonyl (C=O) groups excluding carboxylic acids is 2. The standard InChI is InChI=1S/C15H21N3O2.ClH/c1-11(16)9-14(19)17-13-6-4-12(5-7-13)10-18-8-2-3-15(18)20;/h4-7,11H,2-3,8-10,16H2,1H3,(H,17,19);1H. The number of rotatable bonds is 5. The van der Waals surface area contributed by atoms with Crippen LogP contribution in [-0.4, -0.2) is 29.3 Å². The van der Waals surface area contributed by atoms with Gasteiger partial charge in [-0.1, -0.05) is 12.1 Å². The van der Waals surface area contributed by atoms with Gasteiger partial charge < -0.3 is 16.0 Å². The maximum atomic E-state index is 11.6. The molecule has 1 atom stereocenters. The number of halogens is 1. The van der Waals surface area contributed by atoms with E-state index < -0.39 is 0 Å². The maximum absolute atomic E-state index is 11.6. The van der Waals surface area contributed by atoms with Crippen LogP contribution in [0.1, 0.15) is 31.7 Å². The van der Waals surface area contributed by atoms with Crippen LogP contribution in [0.4, 0.5) is 5.69 Å². The topological polar surface area (TPSA) is 75.4 Å². The summed E-state index contributed by atoms with van der Waals surface area (Å²) in [6.07, 6.45) is 1.92. The average Bonchev–Trinajstić information content (AvgIpc) is 2.76. The minimum Gasteiger partial charge on any atom is -0.338 e. The molecule has 0 aliphatic carbocycles. The lowest BCUT2D eigenvalue weighted by Gasteiger charge is -2.15. The van der Waals surface area contributed by atoms with E-state index in [-0.39, 0.29) is 30.3 Å². The summed E-state index contributed by atoms with van der Waals surface area (Å²) >= 11 is 0. The second-order valence-electron chi connectivity index (χ2n) is 5.35. The Labute approximate surface area is 131 Å². The first-order valence-electron chi connectivity index (χ1n) is 6.97. The molecule has 1 heterocycles. The van der Waals surface area contributed by atoms with Gasteiger partial charge in [0.2, 0.25) is 11.8 Å². The SMILES string of the molecule is CC(N)CC(=O)Nc1ccc(CN2CCCC2=O)cc1.Cl. The molecule has 6 heteroatoms. The summed E-state index contributed by atoms with van der Waals surface area (Å²) < 4.78 is 0. The number of hydrogen-bond acceptors (Lipinski definition) is 3. The first-order chi connectivity index (χ1) is 9.54. The van der Waals surface area contributed by atoms with Crippen LogP contribution < -0.4 is 11.1 Å². The first kappa shape index (κ1) is 17.5. The number of carbonyl (C=O) groups is 2. The molecular weight excluding hydrogens is 290 g/mol. The number of hydrogen-bond donors (Lipinski definition) is 2. The quantitative estimate of drug-likeness (QED) is 0.872. The fourth-order valence-corrected chi connectivity index (χ4v) is 2.29. The van der Waals surface area contributed by atoms with Crippen LogP contribution in [0.2, 0.25) is 0 Å². The van der Waals surface area contributed by atoms with Crippen molar-refractivity contribution in [2.45, 2.75) is 38.8 Å². The Morgan fingerprint density at radius 2 is 2.05 bits per heavy atom. The predicted molar refractivity (Wildman–Crippen MR) is 85.2 cm³/mol. The van der Waals surface area contributed by atoms with Crippen molar-refractivity contribution in [3.8, 4) is 0 Å².